The Morgan fingerprint density at radius 3 is 2.58 bits per heavy atom. The molecular weight excluding hydrogens is 326 g/mol. The third kappa shape index (κ3) is 2.31. The van der Waals surface area contributed by atoms with E-state index < -0.39 is 16.6 Å². The molecule has 0 amide bonds. The van der Waals surface area contributed by atoms with Gasteiger partial charge in [-0.2, -0.15) is 0 Å². The molecule has 1 aliphatic heterocycles. The highest BCUT2D eigenvalue weighted by Crippen LogP contribution is 2.51. The lowest BCUT2D eigenvalue weighted by atomic mass is 9.80. The molecule has 0 fully saturated rings. The van der Waals surface area contributed by atoms with E-state index in [4.69, 9.17) is 16.3 Å². The SMILES string of the molecule is CNC1=CCC(NC)(C2(Cl)OC(=O)c3cc(N(C)C)ccc32)C=C1. The van der Waals surface area contributed by atoms with E-state index in [1.165, 1.54) is 0 Å². The van der Waals surface area contributed by atoms with Crippen molar-refractivity contribution in [3.63, 3.8) is 0 Å². The van der Waals surface area contributed by atoms with Crippen molar-refractivity contribution in [2.75, 3.05) is 33.1 Å². The van der Waals surface area contributed by atoms with E-state index in [0.29, 0.717) is 17.5 Å². The molecule has 0 aromatic heterocycles. The summed E-state index contributed by atoms with van der Waals surface area (Å²) in [6.45, 7) is 0. The Hall–Kier alpha value is -1.98. The number of carbonyl (C=O) groups is 1. The average Bonchev–Trinajstić information content (AvgIpc) is 2.86. The first-order chi connectivity index (χ1) is 11.4. The van der Waals surface area contributed by atoms with Gasteiger partial charge in [-0.1, -0.05) is 29.8 Å². The van der Waals surface area contributed by atoms with Gasteiger partial charge in [0, 0.05) is 38.1 Å². The molecule has 0 radical (unpaired) electrons. The number of ether oxygens (including phenoxy) is 1. The number of benzene rings is 1. The summed E-state index contributed by atoms with van der Waals surface area (Å²) in [6, 6.07) is 5.65. The number of hydrogen-bond donors (Lipinski definition) is 2. The molecule has 6 heteroatoms. The van der Waals surface area contributed by atoms with Gasteiger partial charge in [-0.05, 0) is 31.7 Å². The third-order valence-electron chi connectivity index (χ3n) is 4.82. The van der Waals surface area contributed by atoms with Crippen molar-refractivity contribution in [3.8, 4) is 0 Å². The van der Waals surface area contributed by atoms with Crippen LogP contribution in [0.1, 0.15) is 22.3 Å². The fourth-order valence-electron chi connectivity index (χ4n) is 3.24. The predicted octanol–water partition coefficient (Wildman–Crippen LogP) is 2.34. The number of carbonyl (C=O) groups excluding carboxylic acids is 1. The normalized spacial score (nSPS) is 28.2. The molecule has 2 unspecified atom stereocenters. The van der Waals surface area contributed by atoms with Crippen LogP contribution < -0.4 is 15.5 Å². The number of nitrogens with zero attached hydrogens (tertiary/aromatic N) is 1. The molecule has 1 aromatic rings. The van der Waals surface area contributed by atoms with Crippen molar-refractivity contribution in [3.05, 3.63) is 53.3 Å². The molecule has 0 spiro atoms. The van der Waals surface area contributed by atoms with Crippen LogP contribution in [-0.2, 0) is 9.80 Å². The van der Waals surface area contributed by atoms with Gasteiger partial charge in [-0.3, -0.25) is 0 Å². The first kappa shape index (κ1) is 16.9. The smallest absolute Gasteiger partial charge is 0.340 e. The zero-order chi connectivity index (χ0) is 17.5. The molecule has 1 aromatic carbocycles. The maximum Gasteiger partial charge on any atom is 0.340 e. The number of esters is 1. The maximum absolute atomic E-state index is 12.5. The number of rotatable bonds is 4. The van der Waals surface area contributed by atoms with Crippen LogP contribution in [-0.4, -0.2) is 39.7 Å². The quantitative estimate of drug-likeness (QED) is 0.647. The van der Waals surface area contributed by atoms with E-state index in [-0.39, 0.29) is 0 Å². The van der Waals surface area contributed by atoms with Crippen LogP contribution in [0.15, 0.2) is 42.1 Å². The van der Waals surface area contributed by atoms with E-state index in [1.54, 1.807) is 0 Å². The van der Waals surface area contributed by atoms with Crippen LogP contribution in [0.3, 0.4) is 0 Å². The number of allylic oxidation sites excluding steroid dienone is 1. The largest absolute Gasteiger partial charge is 0.433 e. The van der Waals surface area contributed by atoms with Gasteiger partial charge in [0.1, 0.15) is 0 Å². The Balaban J connectivity index is 2.08. The summed E-state index contributed by atoms with van der Waals surface area (Å²) < 4.78 is 5.70. The molecule has 0 saturated carbocycles. The van der Waals surface area contributed by atoms with Gasteiger partial charge in [0.2, 0.25) is 5.06 Å². The van der Waals surface area contributed by atoms with Gasteiger partial charge in [-0.25, -0.2) is 4.79 Å². The van der Waals surface area contributed by atoms with Crippen molar-refractivity contribution in [2.45, 2.75) is 17.0 Å². The molecule has 2 N–H and O–H groups in total. The van der Waals surface area contributed by atoms with Gasteiger partial charge in [0.05, 0.1) is 11.1 Å². The fraction of sp³-hybridized carbons (Fsp3) is 0.389. The van der Waals surface area contributed by atoms with Crippen LogP contribution in [0.5, 0.6) is 0 Å². The third-order valence-corrected chi connectivity index (χ3v) is 5.44. The summed E-state index contributed by atoms with van der Waals surface area (Å²) >= 11 is 6.93. The van der Waals surface area contributed by atoms with Gasteiger partial charge < -0.3 is 20.3 Å². The second kappa shape index (κ2) is 5.83. The Morgan fingerprint density at radius 2 is 2.04 bits per heavy atom. The Bertz CT molecular complexity index is 744. The topological polar surface area (TPSA) is 53.6 Å². The van der Waals surface area contributed by atoms with Crippen LogP contribution in [0, 0.1) is 0 Å². The number of cyclic esters (lactones) is 1. The lowest BCUT2D eigenvalue weighted by Gasteiger charge is -2.42. The van der Waals surface area contributed by atoms with Crippen molar-refractivity contribution in [1.29, 1.82) is 0 Å². The van der Waals surface area contributed by atoms with Gasteiger partial charge >= 0.3 is 5.97 Å². The highest BCUT2D eigenvalue weighted by molar-refractivity contribution is 6.27. The zero-order valence-electron chi connectivity index (χ0n) is 14.3. The number of halogens is 1. The minimum absolute atomic E-state index is 0.393. The standard InChI is InChI=1S/C18H22ClN3O2/c1-20-12-7-9-17(21-2,10-8-12)18(19)15-6-5-13(22(3)4)11-14(15)16(23)24-18/h5-9,11,20-21H,10H2,1-4H3. The van der Waals surface area contributed by atoms with E-state index in [0.717, 1.165) is 11.4 Å². The summed E-state index contributed by atoms with van der Waals surface area (Å²) in [5.74, 6) is -0.393. The minimum atomic E-state index is -1.29. The lowest BCUT2D eigenvalue weighted by Crippen LogP contribution is -2.56. The lowest BCUT2D eigenvalue weighted by molar-refractivity contribution is -0.000793. The molecule has 0 saturated heterocycles. The highest BCUT2D eigenvalue weighted by atomic mass is 35.5. The summed E-state index contributed by atoms with van der Waals surface area (Å²) in [6.07, 6.45) is 6.56. The van der Waals surface area contributed by atoms with Crippen molar-refractivity contribution in [2.24, 2.45) is 0 Å². The second-order valence-electron chi connectivity index (χ2n) is 6.28. The van der Waals surface area contributed by atoms with E-state index in [1.807, 2.05) is 69.5 Å². The van der Waals surface area contributed by atoms with E-state index in [9.17, 15) is 4.79 Å². The van der Waals surface area contributed by atoms with Gasteiger partial charge in [0.25, 0.3) is 0 Å². The number of anilines is 1. The van der Waals surface area contributed by atoms with E-state index >= 15 is 0 Å². The second-order valence-corrected chi connectivity index (χ2v) is 6.81. The first-order valence-electron chi connectivity index (χ1n) is 7.87. The van der Waals surface area contributed by atoms with Crippen LogP contribution in [0.4, 0.5) is 5.69 Å². The van der Waals surface area contributed by atoms with Gasteiger partial charge in [-0.15, -0.1) is 0 Å². The summed E-state index contributed by atoms with van der Waals surface area (Å²) in [5, 5.41) is 5.09. The first-order valence-corrected chi connectivity index (χ1v) is 8.25. The molecule has 24 heavy (non-hydrogen) atoms. The number of hydrogen-bond acceptors (Lipinski definition) is 5. The van der Waals surface area contributed by atoms with Gasteiger partial charge in [0.15, 0.2) is 0 Å². The maximum atomic E-state index is 12.5. The number of likely N-dealkylation sites (N-methyl/N-ethyl adjacent to an activating group) is 2. The van der Waals surface area contributed by atoms with Crippen LogP contribution in [0.2, 0.25) is 0 Å². The summed E-state index contributed by atoms with van der Waals surface area (Å²) in [4.78, 5) is 14.4. The molecule has 1 heterocycles. The van der Waals surface area contributed by atoms with Crippen molar-refractivity contribution < 1.29 is 9.53 Å². The minimum Gasteiger partial charge on any atom is -0.433 e. The molecule has 2 atom stereocenters. The molecule has 0 bridgehead atoms. The summed E-state index contributed by atoms with van der Waals surface area (Å²) in [5.41, 5.74) is 2.44. The zero-order valence-corrected chi connectivity index (χ0v) is 15.1. The Labute approximate surface area is 147 Å². The van der Waals surface area contributed by atoms with Crippen LogP contribution in [0.25, 0.3) is 0 Å². The fourth-order valence-corrected chi connectivity index (χ4v) is 3.71. The Kier molecular flexibility index (Phi) is 4.10. The molecule has 3 rings (SSSR count). The molecule has 128 valence electrons. The molecule has 5 nitrogen and oxygen atoms in total. The molecular formula is C18H22ClN3O2. The number of nitrogens with one attached hydrogen (secondary N) is 2. The molecule has 1 aliphatic carbocycles. The monoisotopic (exact) mass is 347 g/mol. The van der Waals surface area contributed by atoms with Crippen LogP contribution >= 0.6 is 11.6 Å². The predicted molar refractivity (Wildman–Crippen MR) is 96.4 cm³/mol. The Morgan fingerprint density at radius 1 is 1.29 bits per heavy atom. The van der Waals surface area contributed by atoms with Crippen molar-refractivity contribution >= 4 is 23.3 Å². The highest BCUT2D eigenvalue weighted by Gasteiger charge is 2.57. The molecule has 2 aliphatic rings. The number of fused-ring (bicyclic) bond motifs is 1. The summed E-state index contributed by atoms with van der Waals surface area (Å²) in [7, 11) is 7.55. The van der Waals surface area contributed by atoms with Crippen molar-refractivity contribution in [1.82, 2.24) is 10.6 Å². The van der Waals surface area contributed by atoms with E-state index in [2.05, 4.69) is 10.6 Å². The average molecular weight is 348 g/mol. The number of alkyl halides is 1.